The van der Waals surface area contributed by atoms with Crippen LogP contribution >= 0.6 is 23.4 Å². The molecule has 0 N–H and O–H groups in total. The van der Waals surface area contributed by atoms with Crippen LogP contribution in [0.5, 0.6) is 0 Å². The summed E-state index contributed by atoms with van der Waals surface area (Å²) in [5.74, 6) is 1.02. The first kappa shape index (κ1) is 12.4. The Hall–Kier alpha value is -1.06. The maximum atomic E-state index is 5.78. The first-order valence-electron chi connectivity index (χ1n) is 5.28. The number of aromatic nitrogens is 2. The molecule has 88 valence electrons. The lowest BCUT2D eigenvalue weighted by molar-refractivity contribution is 0.997. The predicted molar refractivity (Wildman–Crippen MR) is 73.5 cm³/mol. The normalized spacial score (nSPS) is 10.5. The smallest absolute Gasteiger partial charge is 0.143 e. The Morgan fingerprint density at radius 3 is 2.47 bits per heavy atom. The number of hydrogen-bond donors (Lipinski definition) is 0. The fourth-order valence-electron chi connectivity index (χ4n) is 1.60. The number of rotatable bonds is 3. The van der Waals surface area contributed by atoms with Crippen LogP contribution in [0.2, 0.25) is 0 Å². The molecule has 0 aliphatic carbocycles. The zero-order valence-electron chi connectivity index (χ0n) is 9.77. The summed E-state index contributed by atoms with van der Waals surface area (Å²) in [5, 5.41) is 0. The van der Waals surface area contributed by atoms with Gasteiger partial charge in [0.1, 0.15) is 5.82 Å². The second-order valence-corrected chi connectivity index (χ2v) is 4.82. The highest BCUT2D eigenvalue weighted by Gasteiger charge is 2.04. The van der Waals surface area contributed by atoms with Crippen LogP contribution in [0.4, 0.5) is 0 Å². The Morgan fingerprint density at radius 1 is 1.18 bits per heavy atom. The number of halogens is 1. The van der Waals surface area contributed by atoms with Crippen LogP contribution in [0.1, 0.15) is 11.5 Å². The Morgan fingerprint density at radius 2 is 1.88 bits per heavy atom. The molecule has 0 saturated heterocycles. The van der Waals surface area contributed by atoms with Crippen molar-refractivity contribution in [2.45, 2.75) is 17.7 Å². The van der Waals surface area contributed by atoms with Gasteiger partial charge >= 0.3 is 0 Å². The largest absolute Gasteiger partial charge is 0.237 e. The van der Waals surface area contributed by atoms with Crippen LogP contribution in [0.15, 0.2) is 35.2 Å². The van der Waals surface area contributed by atoms with E-state index in [2.05, 4.69) is 40.5 Å². The van der Waals surface area contributed by atoms with Gasteiger partial charge in [-0.3, -0.25) is 0 Å². The van der Waals surface area contributed by atoms with Crippen LogP contribution in [0.25, 0.3) is 11.3 Å². The van der Waals surface area contributed by atoms with Crippen molar-refractivity contribution in [3.63, 3.8) is 0 Å². The fourth-order valence-corrected chi connectivity index (χ4v) is 2.13. The standard InChI is InChI=1S/C13H13ClN2S/c1-9-7-12(16-13(8-14)15-9)10-3-5-11(17-2)6-4-10/h3-7H,8H2,1-2H3. The molecule has 0 aliphatic heterocycles. The molecule has 0 unspecified atom stereocenters. The minimum absolute atomic E-state index is 0.345. The summed E-state index contributed by atoms with van der Waals surface area (Å²) in [6, 6.07) is 10.3. The zero-order chi connectivity index (χ0) is 12.3. The summed E-state index contributed by atoms with van der Waals surface area (Å²) < 4.78 is 0. The van der Waals surface area contributed by atoms with E-state index in [9.17, 15) is 0 Å². The summed E-state index contributed by atoms with van der Waals surface area (Å²) in [6.45, 7) is 1.96. The lowest BCUT2D eigenvalue weighted by atomic mass is 10.1. The molecule has 0 radical (unpaired) electrons. The third kappa shape index (κ3) is 2.99. The van der Waals surface area contributed by atoms with Crippen molar-refractivity contribution >= 4 is 23.4 Å². The van der Waals surface area contributed by atoms with Gasteiger partial charge in [0, 0.05) is 16.2 Å². The van der Waals surface area contributed by atoms with E-state index in [1.807, 2.05) is 13.0 Å². The fraction of sp³-hybridized carbons (Fsp3) is 0.231. The molecule has 2 aromatic rings. The maximum Gasteiger partial charge on any atom is 0.143 e. The predicted octanol–water partition coefficient (Wildman–Crippen LogP) is 3.91. The second kappa shape index (κ2) is 5.52. The van der Waals surface area contributed by atoms with Crippen molar-refractivity contribution in [3.05, 3.63) is 41.9 Å². The van der Waals surface area contributed by atoms with Crippen molar-refractivity contribution in [1.29, 1.82) is 0 Å². The highest BCUT2D eigenvalue weighted by Crippen LogP contribution is 2.22. The molecule has 0 fully saturated rings. The average molecular weight is 265 g/mol. The molecule has 1 aromatic heterocycles. The summed E-state index contributed by atoms with van der Waals surface area (Å²) in [4.78, 5) is 9.94. The van der Waals surface area contributed by atoms with Gasteiger partial charge in [0.25, 0.3) is 0 Å². The van der Waals surface area contributed by atoms with Gasteiger partial charge < -0.3 is 0 Å². The number of thioether (sulfide) groups is 1. The molecular formula is C13H13ClN2S. The molecule has 0 aliphatic rings. The van der Waals surface area contributed by atoms with E-state index in [0.717, 1.165) is 17.0 Å². The number of aryl methyl sites for hydroxylation is 1. The van der Waals surface area contributed by atoms with Crippen molar-refractivity contribution in [3.8, 4) is 11.3 Å². The third-order valence-electron chi connectivity index (χ3n) is 2.41. The lowest BCUT2D eigenvalue weighted by Gasteiger charge is -2.05. The van der Waals surface area contributed by atoms with Crippen LogP contribution in [-0.2, 0) is 5.88 Å². The molecule has 2 nitrogen and oxygen atoms in total. The van der Waals surface area contributed by atoms with Crippen LogP contribution in [0.3, 0.4) is 0 Å². The number of nitrogens with zero attached hydrogens (tertiary/aromatic N) is 2. The van der Waals surface area contributed by atoms with E-state index in [-0.39, 0.29) is 0 Å². The Balaban J connectivity index is 2.41. The summed E-state index contributed by atoms with van der Waals surface area (Å²) in [7, 11) is 0. The van der Waals surface area contributed by atoms with E-state index in [0.29, 0.717) is 11.7 Å². The first-order valence-corrected chi connectivity index (χ1v) is 7.04. The molecule has 2 rings (SSSR count). The van der Waals surface area contributed by atoms with Crippen molar-refractivity contribution in [2.24, 2.45) is 0 Å². The second-order valence-electron chi connectivity index (χ2n) is 3.67. The zero-order valence-corrected chi connectivity index (χ0v) is 11.3. The van der Waals surface area contributed by atoms with E-state index >= 15 is 0 Å². The van der Waals surface area contributed by atoms with Crippen LogP contribution < -0.4 is 0 Å². The third-order valence-corrected chi connectivity index (χ3v) is 3.39. The van der Waals surface area contributed by atoms with Gasteiger partial charge in [-0.25, -0.2) is 9.97 Å². The molecule has 0 bridgehead atoms. The van der Waals surface area contributed by atoms with E-state index in [4.69, 9.17) is 11.6 Å². The van der Waals surface area contributed by atoms with E-state index in [1.165, 1.54) is 4.90 Å². The van der Waals surface area contributed by atoms with Gasteiger partial charge in [0.05, 0.1) is 11.6 Å². The molecule has 0 saturated carbocycles. The van der Waals surface area contributed by atoms with E-state index < -0.39 is 0 Å². The quantitative estimate of drug-likeness (QED) is 0.621. The number of alkyl halides is 1. The monoisotopic (exact) mass is 264 g/mol. The van der Waals surface area contributed by atoms with Gasteiger partial charge in [-0.1, -0.05) is 12.1 Å². The van der Waals surface area contributed by atoms with Gasteiger partial charge in [0.2, 0.25) is 0 Å². The minimum atomic E-state index is 0.345. The topological polar surface area (TPSA) is 25.8 Å². The minimum Gasteiger partial charge on any atom is -0.237 e. The van der Waals surface area contributed by atoms with Gasteiger partial charge in [-0.2, -0.15) is 0 Å². The van der Waals surface area contributed by atoms with Gasteiger partial charge in [-0.05, 0) is 31.4 Å². The van der Waals surface area contributed by atoms with Crippen molar-refractivity contribution < 1.29 is 0 Å². The van der Waals surface area contributed by atoms with Gasteiger partial charge in [-0.15, -0.1) is 23.4 Å². The molecule has 0 spiro atoms. The number of hydrogen-bond acceptors (Lipinski definition) is 3. The number of benzene rings is 1. The van der Waals surface area contributed by atoms with Crippen molar-refractivity contribution in [2.75, 3.05) is 6.26 Å². The molecular weight excluding hydrogens is 252 g/mol. The Labute approximate surface area is 110 Å². The molecule has 4 heteroatoms. The molecule has 0 amide bonds. The maximum absolute atomic E-state index is 5.78. The molecule has 0 atom stereocenters. The van der Waals surface area contributed by atoms with Crippen LogP contribution in [-0.4, -0.2) is 16.2 Å². The highest BCUT2D eigenvalue weighted by molar-refractivity contribution is 7.98. The SMILES string of the molecule is CSc1ccc(-c2cc(C)nc(CCl)n2)cc1. The Bertz CT molecular complexity index is 511. The molecule has 1 heterocycles. The lowest BCUT2D eigenvalue weighted by Crippen LogP contribution is -1.96. The summed E-state index contributed by atoms with van der Waals surface area (Å²) in [6.07, 6.45) is 2.06. The summed E-state index contributed by atoms with van der Waals surface area (Å²) in [5.41, 5.74) is 2.97. The Kier molecular flexibility index (Phi) is 4.02. The van der Waals surface area contributed by atoms with Crippen LogP contribution in [0, 0.1) is 6.92 Å². The highest BCUT2D eigenvalue weighted by atomic mass is 35.5. The molecule has 1 aromatic carbocycles. The average Bonchev–Trinajstić information content (AvgIpc) is 2.38. The first-order chi connectivity index (χ1) is 8.22. The molecule has 17 heavy (non-hydrogen) atoms. The summed E-state index contributed by atoms with van der Waals surface area (Å²) >= 11 is 7.51. The van der Waals surface area contributed by atoms with Crippen molar-refractivity contribution in [1.82, 2.24) is 9.97 Å². The van der Waals surface area contributed by atoms with Gasteiger partial charge in [0.15, 0.2) is 0 Å². The van der Waals surface area contributed by atoms with E-state index in [1.54, 1.807) is 11.8 Å².